The highest BCUT2D eigenvalue weighted by Crippen LogP contribution is 2.10. The van der Waals surface area contributed by atoms with E-state index < -0.39 is 0 Å². The zero-order chi connectivity index (χ0) is 19.7. The first-order valence-electron chi connectivity index (χ1n) is 10.4. The van der Waals surface area contributed by atoms with Crippen LogP contribution in [0.2, 0.25) is 0 Å². The third-order valence-corrected chi connectivity index (χ3v) is 4.31. The van der Waals surface area contributed by atoms with Crippen LogP contribution < -0.4 is 10.6 Å². The van der Waals surface area contributed by atoms with Crippen LogP contribution in [0.5, 0.6) is 0 Å². The Hall–Kier alpha value is -1.66. The molecule has 1 aliphatic rings. The molecule has 154 valence electrons. The summed E-state index contributed by atoms with van der Waals surface area (Å²) >= 11 is 0. The number of ether oxygens (including phenoxy) is 1. The molecule has 0 spiro atoms. The van der Waals surface area contributed by atoms with Crippen LogP contribution in [-0.4, -0.2) is 62.1 Å². The van der Waals surface area contributed by atoms with Gasteiger partial charge in [0.2, 0.25) is 11.8 Å². The topological polar surface area (TPSA) is 74.0 Å². The minimum Gasteiger partial charge on any atom is -0.372 e. The number of allylic oxidation sites excluding steroid dienone is 2. The molecule has 0 aromatic carbocycles. The number of carbonyl (C=O) groups excluding carboxylic acids is 2. The van der Waals surface area contributed by atoms with E-state index in [1.807, 2.05) is 12.2 Å². The maximum absolute atomic E-state index is 11.8. The monoisotopic (exact) mass is 379 g/mol. The summed E-state index contributed by atoms with van der Waals surface area (Å²) in [6, 6.07) is 0. The van der Waals surface area contributed by atoms with Gasteiger partial charge in [0, 0.05) is 32.7 Å². The third-order valence-electron chi connectivity index (χ3n) is 4.31. The van der Waals surface area contributed by atoms with Gasteiger partial charge in [-0.05, 0) is 25.0 Å². The molecular formula is C21H37N3O3. The van der Waals surface area contributed by atoms with E-state index >= 15 is 0 Å². The quantitative estimate of drug-likeness (QED) is 0.245. The SMILES string of the molecule is CCCC/C=C/C(=O)NCCN(CCNC(=O)/C=C/CCCC)CC1CO1. The van der Waals surface area contributed by atoms with Gasteiger partial charge >= 0.3 is 0 Å². The van der Waals surface area contributed by atoms with Crippen LogP contribution in [0.1, 0.15) is 52.4 Å². The summed E-state index contributed by atoms with van der Waals surface area (Å²) in [7, 11) is 0. The summed E-state index contributed by atoms with van der Waals surface area (Å²) in [5.41, 5.74) is 0. The van der Waals surface area contributed by atoms with Crippen molar-refractivity contribution in [3.8, 4) is 0 Å². The van der Waals surface area contributed by atoms with Crippen LogP contribution in [0.25, 0.3) is 0 Å². The van der Waals surface area contributed by atoms with Crippen molar-refractivity contribution >= 4 is 11.8 Å². The molecule has 6 nitrogen and oxygen atoms in total. The highest BCUT2D eigenvalue weighted by atomic mass is 16.6. The van der Waals surface area contributed by atoms with Crippen LogP contribution in [0.3, 0.4) is 0 Å². The molecule has 1 atom stereocenters. The molecule has 1 saturated heterocycles. The fourth-order valence-electron chi connectivity index (χ4n) is 2.57. The molecule has 1 rings (SSSR count). The maximum Gasteiger partial charge on any atom is 0.243 e. The van der Waals surface area contributed by atoms with E-state index in [0.717, 1.165) is 64.8 Å². The molecule has 0 radical (unpaired) electrons. The Morgan fingerprint density at radius 3 is 1.85 bits per heavy atom. The smallest absolute Gasteiger partial charge is 0.243 e. The molecule has 2 N–H and O–H groups in total. The second kappa shape index (κ2) is 15.4. The minimum absolute atomic E-state index is 0.0424. The van der Waals surface area contributed by atoms with Crippen molar-refractivity contribution in [1.29, 1.82) is 0 Å². The van der Waals surface area contributed by atoms with Gasteiger partial charge in [-0.3, -0.25) is 14.5 Å². The molecule has 0 saturated carbocycles. The molecule has 1 unspecified atom stereocenters. The summed E-state index contributed by atoms with van der Waals surface area (Å²) in [5.74, 6) is -0.0847. The maximum atomic E-state index is 11.8. The lowest BCUT2D eigenvalue weighted by Crippen LogP contribution is -2.40. The average Bonchev–Trinajstić information content (AvgIpc) is 3.46. The van der Waals surface area contributed by atoms with Crippen molar-refractivity contribution in [2.45, 2.75) is 58.5 Å². The molecule has 0 aromatic heterocycles. The van der Waals surface area contributed by atoms with Gasteiger partial charge in [0.1, 0.15) is 0 Å². The van der Waals surface area contributed by atoms with E-state index in [1.54, 1.807) is 12.2 Å². The van der Waals surface area contributed by atoms with Gasteiger partial charge in [0.25, 0.3) is 0 Å². The Morgan fingerprint density at radius 1 is 0.963 bits per heavy atom. The van der Waals surface area contributed by atoms with E-state index in [0.29, 0.717) is 19.2 Å². The largest absolute Gasteiger partial charge is 0.372 e. The predicted molar refractivity (Wildman–Crippen MR) is 110 cm³/mol. The zero-order valence-electron chi connectivity index (χ0n) is 17.0. The van der Waals surface area contributed by atoms with Crippen molar-refractivity contribution < 1.29 is 14.3 Å². The fourth-order valence-corrected chi connectivity index (χ4v) is 2.57. The number of unbranched alkanes of at least 4 members (excludes halogenated alkanes) is 4. The van der Waals surface area contributed by atoms with Gasteiger partial charge in [-0.1, -0.05) is 51.7 Å². The van der Waals surface area contributed by atoms with Crippen LogP contribution in [0, 0.1) is 0 Å². The van der Waals surface area contributed by atoms with Crippen LogP contribution >= 0.6 is 0 Å². The number of carbonyl (C=O) groups is 2. The highest BCUT2D eigenvalue weighted by molar-refractivity contribution is 5.87. The Morgan fingerprint density at radius 2 is 1.44 bits per heavy atom. The number of hydrogen-bond acceptors (Lipinski definition) is 4. The highest BCUT2D eigenvalue weighted by Gasteiger charge is 2.25. The summed E-state index contributed by atoms with van der Waals surface area (Å²) in [6.45, 7) is 8.59. The van der Waals surface area contributed by atoms with Crippen LogP contribution in [0.4, 0.5) is 0 Å². The summed E-state index contributed by atoms with van der Waals surface area (Å²) in [6.07, 6.45) is 13.8. The van der Waals surface area contributed by atoms with E-state index in [2.05, 4.69) is 29.4 Å². The number of nitrogens with zero attached hydrogens (tertiary/aromatic N) is 1. The first-order valence-corrected chi connectivity index (χ1v) is 10.4. The standard InChI is InChI=1S/C21H37N3O3/c1-3-5-7-9-11-20(25)22-13-15-24(17-19-18-27-19)16-14-23-21(26)12-10-8-6-4-2/h9-12,19H,3-8,13-18H2,1-2H3,(H,22,25)(H,23,26)/b11-9+,12-10+. The number of amides is 2. The van der Waals surface area contributed by atoms with Crippen LogP contribution in [0.15, 0.2) is 24.3 Å². The van der Waals surface area contributed by atoms with Gasteiger partial charge < -0.3 is 15.4 Å². The molecule has 27 heavy (non-hydrogen) atoms. The molecule has 1 aliphatic heterocycles. The van der Waals surface area contributed by atoms with Crippen molar-refractivity contribution in [2.75, 3.05) is 39.3 Å². The third kappa shape index (κ3) is 14.1. The van der Waals surface area contributed by atoms with Crippen molar-refractivity contribution in [2.24, 2.45) is 0 Å². The molecule has 0 aliphatic carbocycles. The summed E-state index contributed by atoms with van der Waals surface area (Å²) in [5, 5.41) is 5.83. The lowest BCUT2D eigenvalue weighted by Gasteiger charge is -2.21. The van der Waals surface area contributed by atoms with E-state index in [4.69, 9.17) is 4.74 Å². The van der Waals surface area contributed by atoms with E-state index in [9.17, 15) is 9.59 Å². The zero-order valence-corrected chi connectivity index (χ0v) is 17.0. The first kappa shape index (κ1) is 23.4. The summed E-state index contributed by atoms with van der Waals surface area (Å²) < 4.78 is 5.31. The molecule has 0 bridgehead atoms. The Labute approximate surface area is 164 Å². The van der Waals surface area contributed by atoms with Crippen molar-refractivity contribution in [1.82, 2.24) is 15.5 Å². The Bertz CT molecular complexity index is 437. The van der Waals surface area contributed by atoms with Crippen molar-refractivity contribution in [3.05, 3.63) is 24.3 Å². The molecule has 1 fully saturated rings. The van der Waals surface area contributed by atoms with Gasteiger partial charge in [-0.15, -0.1) is 0 Å². The number of epoxide rings is 1. The number of nitrogens with one attached hydrogen (secondary N) is 2. The number of hydrogen-bond donors (Lipinski definition) is 2. The molecule has 2 amide bonds. The van der Waals surface area contributed by atoms with Gasteiger partial charge in [0.15, 0.2) is 0 Å². The van der Waals surface area contributed by atoms with Gasteiger partial charge in [-0.25, -0.2) is 0 Å². The van der Waals surface area contributed by atoms with Crippen LogP contribution in [-0.2, 0) is 14.3 Å². The van der Waals surface area contributed by atoms with Gasteiger partial charge in [-0.2, -0.15) is 0 Å². The second-order valence-corrected chi connectivity index (χ2v) is 6.93. The minimum atomic E-state index is -0.0424. The Balaban J connectivity index is 2.20. The average molecular weight is 380 g/mol. The normalized spacial score (nSPS) is 16.3. The molecule has 1 heterocycles. The predicted octanol–water partition coefficient (Wildman–Crippen LogP) is 2.41. The molecule has 6 heteroatoms. The van der Waals surface area contributed by atoms with E-state index in [-0.39, 0.29) is 11.8 Å². The number of rotatable bonds is 16. The second-order valence-electron chi connectivity index (χ2n) is 6.93. The first-order chi connectivity index (χ1) is 13.2. The molecular weight excluding hydrogens is 342 g/mol. The lowest BCUT2D eigenvalue weighted by molar-refractivity contribution is -0.117. The fraction of sp³-hybridized carbons (Fsp3) is 0.714. The summed E-state index contributed by atoms with van der Waals surface area (Å²) in [4.78, 5) is 25.8. The van der Waals surface area contributed by atoms with Crippen molar-refractivity contribution in [3.63, 3.8) is 0 Å². The lowest BCUT2D eigenvalue weighted by atomic mass is 10.2. The molecule has 0 aromatic rings. The van der Waals surface area contributed by atoms with E-state index in [1.165, 1.54) is 0 Å². The Kier molecular flexibility index (Phi) is 13.3. The van der Waals surface area contributed by atoms with Gasteiger partial charge in [0.05, 0.1) is 12.7 Å².